The Labute approximate surface area is 103 Å². The summed E-state index contributed by atoms with van der Waals surface area (Å²) in [5.41, 5.74) is 0.230. The van der Waals surface area contributed by atoms with Crippen molar-refractivity contribution < 1.29 is 9.18 Å². The van der Waals surface area contributed by atoms with Crippen LogP contribution in [-0.4, -0.2) is 5.78 Å². The first-order chi connectivity index (χ1) is 7.58. The van der Waals surface area contributed by atoms with Crippen LogP contribution in [0.25, 0.3) is 0 Å². The van der Waals surface area contributed by atoms with Crippen molar-refractivity contribution in [2.45, 2.75) is 26.2 Å². The lowest BCUT2D eigenvalue weighted by Gasteiger charge is -2.09. The molecular weight excluding hydrogens is 271 g/mol. The molecule has 3 heteroatoms. The van der Waals surface area contributed by atoms with Crippen molar-refractivity contribution in [2.24, 2.45) is 11.8 Å². The number of halogens is 2. The van der Waals surface area contributed by atoms with Gasteiger partial charge >= 0.3 is 0 Å². The lowest BCUT2D eigenvalue weighted by atomic mass is 9.95. The van der Waals surface area contributed by atoms with Crippen molar-refractivity contribution in [1.82, 2.24) is 0 Å². The van der Waals surface area contributed by atoms with Crippen molar-refractivity contribution in [3.05, 3.63) is 34.1 Å². The molecule has 0 heterocycles. The first-order valence-corrected chi connectivity index (χ1v) is 6.36. The molecule has 0 aromatic heterocycles. The van der Waals surface area contributed by atoms with Crippen LogP contribution < -0.4 is 0 Å². The number of benzene rings is 1. The van der Waals surface area contributed by atoms with Crippen LogP contribution in [0.4, 0.5) is 4.39 Å². The maximum atomic E-state index is 13.5. The monoisotopic (exact) mass is 284 g/mol. The number of hydrogen-bond donors (Lipinski definition) is 0. The van der Waals surface area contributed by atoms with Gasteiger partial charge in [0.15, 0.2) is 5.78 Å². The summed E-state index contributed by atoms with van der Waals surface area (Å²) in [6.07, 6.45) is 2.86. The molecule has 2 atom stereocenters. The molecule has 1 aliphatic rings. The zero-order valence-electron chi connectivity index (χ0n) is 9.17. The summed E-state index contributed by atoms with van der Waals surface area (Å²) in [6, 6.07) is 4.54. The van der Waals surface area contributed by atoms with Gasteiger partial charge in [-0.15, -0.1) is 0 Å². The fourth-order valence-corrected chi connectivity index (χ4v) is 2.71. The van der Waals surface area contributed by atoms with Gasteiger partial charge in [0.25, 0.3) is 0 Å². The number of rotatable bonds is 2. The van der Waals surface area contributed by atoms with Crippen LogP contribution in [-0.2, 0) is 0 Å². The van der Waals surface area contributed by atoms with E-state index in [2.05, 4.69) is 22.9 Å². The Morgan fingerprint density at radius 3 is 2.81 bits per heavy atom. The zero-order valence-corrected chi connectivity index (χ0v) is 10.8. The number of Topliss-reactive ketones (excluding diaryl/α,β-unsaturated/α-hetero) is 1. The largest absolute Gasteiger partial charge is 0.294 e. The van der Waals surface area contributed by atoms with E-state index in [1.165, 1.54) is 6.07 Å². The Morgan fingerprint density at radius 1 is 1.44 bits per heavy atom. The predicted molar refractivity (Wildman–Crippen MR) is 64.9 cm³/mol. The van der Waals surface area contributed by atoms with Crippen LogP contribution in [0.1, 0.15) is 36.5 Å². The molecule has 0 spiro atoms. The van der Waals surface area contributed by atoms with Gasteiger partial charge in [-0.25, -0.2) is 4.39 Å². The topological polar surface area (TPSA) is 17.1 Å². The van der Waals surface area contributed by atoms with E-state index in [0.717, 1.165) is 23.7 Å². The Balaban J connectivity index is 2.23. The lowest BCUT2D eigenvalue weighted by Crippen LogP contribution is -2.13. The summed E-state index contributed by atoms with van der Waals surface area (Å²) in [6.45, 7) is 2.14. The van der Waals surface area contributed by atoms with Crippen LogP contribution in [0.15, 0.2) is 22.7 Å². The van der Waals surface area contributed by atoms with Gasteiger partial charge in [0, 0.05) is 10.4 Å². The van der Waals surface area contributed by atoms with Gasteiger partial charge in [0.05, 0.1) is 5.56 Å². The van der Waals surface area contributed by atoms with E-state index in [0.29, 0.717) is 5.92 Å². The molecule has 2 unspecified atom stereocenters. The molecule has 0 saturated heterocycles. The molecule has 86 valence electrons. The standard InChI is InChI=1S/C13H14BrFO/c1-8-2-3-9(6-8)13(16)11-7-10(14)4-5-12(11)15/h4-5,7-9H,2-3,6H2,1H3. The molecule has 0 aliphatic heterocycles. The van der Waals surface area contributed by atoms with Crippen LogP contribution in [0.3, 0.4) is 0 Å². The number of carbonyl (C=O) groups excluding carboxylic acids is 1. The average Bonchev–Trinajstić information content (AvgIpc) is 2.67. The van der Waals surface area contributed by atoms with Crippen molar-refractivity contribution >= 4 is 21.7 Å². The third-order valence-electron chi connectivity index (χ3n) is 3.26. The molecule has 0 bridgehead atoms. The molecule has 2 rings (SSSR count). The first-order valence-electron chi connectivity index (χ1n) is 5.57. The molecule has 1 aromatic carbocycles. The van der Waals surface area contributed by atoms with E-state index in [1.807, 2.05) is 0 Å². The van der Waals surface area contributed by atoms with E-state index in [1.54, 1.807) is 12.1 Å². The molecule has 0 N–H and O–H groups in total. The molecule has 1 fully saturated rings. The summed E-state index contributed by atoms with van der Waals surface area (Å²) in [5, 5.41) is 0. The van der Waals surface area contributed by atoms with Gasteiger partial charge in [0.1, 0.15) is 5.82 Å². The highest BCUT2D eigenvalue weighted by molar-refractivity contribution is 9.10. The highest BCUT2D eigenvalue weighted by Gasteiger charge is 2.29. The van der Waals surface area contributed by atoms with E-state index in [-0.39, 0.29) is 17.3 Å². The van der Waals surface area contributed by atoms with Gasteiger partial charge in [-0.2, -0.15) is 0 Å². The van der Waals surface area contributed by atoms with Crippen LogP contribution in [0, 0.1) is 17.7 Å². The third kappa shape index (κ3) is 2.34. The molecule has 16 heavy (non-hydrogen) atoms. The second-order valence-electron chi connectivity index (χ2n) is 4.60. The van der Waals surface area contributed by atoms with Crippen molar-refractivity contribution in [1.29, 1.82) is 0 Å². The fourth-order valence-electron chi connectivity index (χ4n) is 2.35. The second kappa shape index (κ2) is 4.66. The molecule has 0 amide bonds. The second-order valence-corrected chi connectivity index (χ2v) is 5.52. The van der Waals surface area contributed by atoms with Crippen LogP contribution >= 0.6 is 15.9 Å². The quantitative estimate of drug-likeness (QED) is 0.744. The summed E-state index contributed by atoms with van der Waals surface area (Å²) in [5.74, 6) is 0.152. The smallest absolute Gasteiger partial charge is 0.168 e. The molecule has 1 aliphatic carbocycles. The molecule has 1 nitrogen and oxygen atoms in total. The maximum Gasteiger partial charge on any atom is 0.168 e. The van der Waals surface area contributed by atoms with Gasteiger partial charge in [-0.05, 0) is 43.4 Å². The molecule has 1 aromatic rings. The maximum absolute atomic E-state index is 13.5. The molecule has 1 saturated carbocycles. The van der Waals surface area contributed by atoms with Gasteiger partial charge in [-0.3, -0.25) is 4.79 Å². The number of carbonyl (C=O) groups is 1. The summed E-state index contributed by atoms with van der Waals surface area (Å²) >= 11 is 3.27. The summed E-state index contributed by atoms with van der Waals surface area (Å²) < 4.78 is 14.3. The first kappa shape index (κ1) is 11.8. The highest BCUT2D eigenvalue weighted by Crippen LogP contribution is 2.33. The number of ketones is 1. The summed E-state index contributed by atoms with van der Waals surface area (Å²) in [7, 11) is 0. The minimum atomic E-state index is -0.409. The van der Waals surface area contributed by atoms with E-state index in [9.17, 15) is 9.18 Å². The molecule has 0 radical (unpaired) electrons. The lowest BCUT2D eigenvalue weighted by molar-refractivity contribution is 0.0916. The average molecular weight is 285 g/mol. The van der Waals surface area contributed by atoms with Crippen molar-refractivity contribution in [3.8, 4) is 0 Å². The van der Waals surface area contributed by atoms with Crippen molar-refractivity contribution in [2.75, 3.05) is 0 Å². The molecular formula is C13H14BrFO. The fraction of sp³-hybridized carbons (Fsp3) is 0.462. The third-order valence-corrected chi connectivity index (χ3v) is 3.75. The minimum Gasteiger partial charge on any atom is -0.294 e. The Morgan fingerprint density at radius 2 is 2.19 bits per heavy atom. The van der Waals surface area contributed by atoms with Crippen LogP contribution in [0.5, 0.6) is 0 Å². The van der Waals surface area contributed by atoms with Crippen LogP contribution in [0.2, 0.25) is 0 Å². The predicted octanol–water partition coefficient (Wildman–Crippen LogP) is 4.21. The normalized spacial score (nSPS) is 24.7. The Hall–Kier alpha value is -0.700. The van der Waals surface area contributed by atoms with Crippen molar-refractivity contribution in [3.63, 3.8) is 0 Å². The van der Waals surface area contributed by atoms with E-state index >= 15 is 0 Å². The van der Waals surface area contributed by atoms with Gasteiger partial charge in [0.2, 0.25) is 0 Å². The zero-order chi connectivity index (χ0) is 11.7. The Kier molecular flexibility index (Phi) is 3.43. The SMILES string of the molecule is CC1CCC(C(=O)c2cc(Br)ccc2F)C1. The van der Waals surface area contributed by atoms with E-state index < -0.39 is 5.82 Å². The summed E-state index contributed by atoms with van der Waals surface area (Å²) in [4.78, 5) is 12.1. The van der Waals surface area contributed by atoms with Gasteiger partial charge in [-0.1, -0.05) is 22.9 Å². The number of hydrogen-bond acceptors (Lipinski definition) is 1. The Bertz CT molecular complexity index is 416. The highest BCUT2D eigenvalue weighted by atomic mass is 79.9. The van der Waals surface area contributed by atoms with Gasteiger partial charge < -0.3 is 0 Å². The van der Waals surface area contributed by atoms with E-state index in [4.69, 9.17) is 0 Å². The minimum absolute atomic E-state index is 0.0128.